The molecule has 5 heteroatoms. The fourth-order valence-electron chi connectivity index (χ4n) is 5.33. The molecule has 164 valence electrons. The first kappa shape index (κ1) is 18.5. The molecule has 0 fully saturated rings. The van der Waals surface area contributed by atoms with Gasteiger partial charge in [0.25, 0.3) is 5.56 Å². The molecular formula is C30H16N2O3. The van der Waals surface area contributed by atoms with E-state index in [0.717, 1.165) is 43.5 Å². The van der Waals surface area contributed by atoms with Gasteiger partial charge in [-0.15, -0.1) is 0 Å². The normalized spacial score (nSPS) is 12.1. The van der Waals surface area contributed by atoms with Crippen molar-refractivity contribution in [2.24, 2.45) is 0 Å². The van der Waals surface area contributed by atoms with E-state index in [2.05, 4.69) is 0 Å². The molecule has 5 aromatic carbocycles. The summed E-state index contributed by atoms with van der Waals surface area (Å²) >= 11 is 0. The van der Waals surface area contributed by atoms with Crippen LogP contribution in [0.4, 0.5) is 0 Å². The molecule has 0 bridgehead atoms. The lowest BCUT2D eigenvalue weighted by atomic mass is 9.95. The van der Waals surface area contributed by atoms with Crippen LogP contribution in [0.3, 0.4) is 0 Å². The molecule has 3 heterocycles. The Hall–Kier alpha value is -4.90. The Labute approximate surface area is 197 Å². The summed E-state index contributed by atoms with van der Waals surface area (Å²) in [5.74, 6) is 1.32. The molecule has 0 aliphatic heterocycles. The van der Waals surface area contributed by atoms with Gasteiger partial charge in [0.05, 0.1) is 16.4 Å². The first-order valence-electron chi connectivity index (χ1n) is 11.4. The van der Waals surface area contributed by atoms with Gasteiger partial charge in [0, 0.05) is 26.9 Å². The Morgan fingerprint density at radius 1 is 0.686 bits per heavy atom. The molecule has 0 saturated heterocycles. The average Bonchev–Trinajstić information content (AvgIpc) is 3.29. The zero-order chi connectivity index (χ0) is 23.1. The van der Waals surface area contributed by atoms with E-state index in [-0.39, 0.29) is 5.56 Å². The molecule has 0 atom stereocenters. The van der Waals surface area contributed by atoms with Gasteiger partial charge in [0.2, 0.25) is 0 Å². The average molecular weight is 452 g/mol. The highest BCUT2D eigenvalue weighted by atomic mass is 16.5. The van der Waals surface area contributed by atoms with Crippen LogP contribution in [0.15, 0.2) is 106 Å². The lowest BCUT2D eigenvalue weighted by Gasteiger charge is -2.16. The van der Waals surface area contributed by atoms with E-state index < -0.39 is 0 Å². The molecule has 0 spiro atoms. The maximum Gasteiger partial charge on any atom is 0.264 e. The van der Waals surface area contributed by atoms with Crippen molar-refractivity contribution in [2.45, 2.75) is 0 Å². The minimum absolute atomic E-state index is 0.123. The second kappa shape index (κ2) is 6.58. The van der Waals surface area contributed by atoms with Crippen LogP contribution >= 0.6 is 0 Å². The number of hydrogen-bond acceptors (Lipinski definition) is 4. The minimum Gasteiger partial charge on any atom is -0.457 e. The van der Waals surface area contributed by atoms with Crippen molar-refractivity contribution in [1.82, 2.24) is 9.38 Å². The van der Waals surface area contributed by atoms with Gasteiger partial charge in [-0.3, -0.25) is 9.20 Å². The zero-order valence-corrected chi connectivity index (χ0v) is 18.4. The Morgan fingerprint density at radius 2 is 1.49 bits per heavy atom. The lowest BCUT2D eigenvalue weighted by Crippen LogP contribution is -2.13. The van der Waals surface area contributed by atoms with Gasteiger partial charge in [-0.05, 0) is 48.5 Å². The number of ether oxygens (including phenoxy) is 1. The van der Waals surface area contributed by atoms with Crippen LogP contribution in [0.25, 0.3) is 60.2 Å². The number of para-hydroxylation sites is 4. The Balaban J connectivity index is 1.65. The maximum atomic E-state index is 14.0. The van der Waals surface area contributed by atoms with Crippen molar-refractivity contribution in [3.63, 3.8) is 0 Å². The third kappa shape index (κ3) is 2.41. The third-order valence-corrected chi connectivity index (χ3v) is 6.79. The molecule has 5 nitrogen and oxygen atoms in total. The van der Waals surface area contributed by atoms with Gasteiger partial charge in [-0.1, -0.05) is 48.5 Å². The Kier molecular flexibility index (Phi) is 3.48. The third-order valence-electron chi connectivity index (χ3n) is 6.79. The van der Waals surface area contributed by atoms with E-state index in [1.54, 1.807) is 4.40 Å². The van der Waals surface area contributed by atoms with Crippen molar-refractivity contribution >= 4 is 60.2 Å². The molecule has 0 saturated carbocycles. The van der Waals surface area contributed by atoms with Crippen molar-refractivity contribution in [3.05, 3.63) is 107 Å². The summed E-state index contributed by atoms with van der Waals surface area (Å²) in [7, 11) is 0. The molecule has 8 rings (SSSR count). The van der Waals surface area contributed by atoms with Crippen molar-refractivity contribution in [1.29, 1.82) is 0 Å². The SMILES string of the molecule is O=c1c2cc(Oc3ccccc3)c3c4ccccc4oc4ccc(c2c43)c2nc3ccccc3n12. The van der Waals surface area contributed by atoms with Crippen LogP contribution in [0.1, 0.15) is 0 Å². The van der Waals surface area contributed by atoms with Crippen LogP contribution in [-0.4, -0.2) is 9.38 Å². The Bertz CT molecular complexity index is 2160. The highest BCUT2D eigenvalue weighted by Gasteiger charge is 2.23. The fourth-order valence-corrected chi connectivity index (χ4v) is 5.33. The summed E-state index contributed by atoms with van der Waals surface area (Å²) in [6, 6.07) is 31.1. The van der Waals surface area contributed by atoms with Crippen molar-refractivity contribution < 1.29 is 9.15 Å². The molecule has 0 radical (unpaired) electrons. The van der Waals surface area contributed by atoms with Gasteiger partial charge >= 0.3 is 0 Å². The maximum absolute atomic E-state index is 14.0. The molecule has 0 amide bonds. The first-order chi connectivity index (χ1) is 17.3. The second-order valence-corrected chi connectivity index (χ2v) is 8.74. The van der Waals surface area contributed by atoms with E-state index in [4.69, 9.17) is 14.1 Å². The number of nitrogens with zero attached hydrogens (tertiary/aromatic N) is 2. The van der Waals surface area contributed by atoms with Crippen molar-refractivity contribution in [2.75, 3.05) is 0 Å². The van der Waals surface area contributed by atoms with Crippen LogP contribution in [0, 0.1) is 0 Å². The van der Waals surface area contributed by atoms with E-state index in [0.29, 0.717) is 28.1 Å². The topological polar surface area (TPSA) is 56.7 Å². The molecule has 0 aliphatic carbocycles. The van der Waals surface area contributed by atoms with Gasteiger partial charge in [-0.2, -0.15) is 0 Å². The summed E-state index contributed by atoms with van der Waals surface area (Å²) < 4.78 is 14.5. The summed E-state index contributed by atoms with van der Waals surface area (Å²) in [5, 5.41) is 5.05. The van der Waals surface area contributed by atoms with Gasteiger partial charge in [0.1, 0.15) is 28.3 Å². The van der Waals surface area contributed by atoms with E-state index >= 15 is 0 Å². The van der Waals surface area contributed by atoms with E-state index in [1.165, 1.54) is 0 Å². The van der Waals surface area contributed by atoms with E-state index in [1.807, 2.05) is 97.1 Å². The monoisotopic (exact) mass is 452 g/mol. The lowest BCUT2D eigenvalue weighted by molar-refractivity contribution is 0.489. The summed E-state index contributed by atoms with van der Waals surface area (Å²) in [6.45, 7) is 0. The van der Waals surface area contributed by atoms with Crippen molar-refractivity contribution in [3.8, 4) is 11.5 Å². The second-order valence-electron chi connectivity index (χ2n) is 8.74. The molecule has 8 aromatic rings. The number of benzene rings is 5. The predicted octanol–water partition coefficient (Wildman–Crippen LogP) is 7.28. The zero-order valence-electron chi connectivity index (χ0n) is 18.4. The Morgan fingerprint density at radius 3 is 2.40 bits per heavy atom. The largest absolute Gasteiger partial charge is 0.457 e. The molecule has 35 heavy (non-hydrogen) atoms. The molecular weight excluding hydrogens is 436 g/mol. The molecule has 0 unspecified atom stereocenters. The van der Waals surface area contributed by atoms with Gasteiger partial charge in [-0.25, -0.2) is 4.98 Å². The minimum atomic E-state index is -0.123. The first-order valence-corrected chi connectivity index (χ1v) is 11.4. The number of aromatic nitrogens is 2. The van der Waals surface area contributed by atoms with Crippen LogP contribution in [0.2, 0.25) is 0 Å². The summed E-state index contributed by atoms with van der Waals surface area (Å²) in [6.07, 6.45) is 0. The van der Waals surface area contributed by atoms with E-state index in [9.17, 15) is 4.79 Å². The molecule has 0 aliphatic rings. The number of rotatable bonds is 2. The summed E-state index contributed by atoms with van der Waals surface area (Å²) in [5.41, 5.74) is 3.57. The smallest absolute Gasteiger partial charge is 0.264 e. The number of pyridine rings is 1. The molecule has 3 aromatic heterocycles. The highest BCUT2D eigenvalue weighted by Crippen LogP contribution is 2.44. The van der Waals surface area contributed by atoms with Gasteiger partial charge < -0.3 is 9.15 Å². The number of hydrogen-bond donors (Lipinski definition) is 0. The van der Waals surface area contributed by atoms with Crippen LogP contribution in [-0.2, 0) is 0 Å². The quantitative estimate of drug-likeness (QED) is 0.204. The number of imidazole rings is 1. The van der Waals surface area contributed by atoms with Gasteiger partial charge in [0.15, 0.2) is 0 Å². The van der Waals surface area contributed by atoms with Crippen LogP contribution in [0.5, 0.6) is 11.5 Å². The highest BCUT2D eigenvalue weighted by molar-refractivity contribution is 6.30. The van der Waals surface area contributed by atoms with Crippen LogP contribution < -0.4 is 10.3 Å². The standard InChI is InChI=1S/C30H16N2O3/c33-30-20-16-25(34-17-8-2-1-3-9-17)27-18-10-4-7-13-23(18)35-24-15-14-19(26(20)28(24)27)29-31-21-11-5-6-12-22(21)32(29)30/h1-16H. The molecule has 0 N–H and O–H groups in total. The summed E-state index contributed by atoms with van der Waals surface area (Å²) in [4.78, 5) is 18.8. The number of fused-ring (bicyclic) bond motifs is 6. The predicted molar refractivity (Wildman–Crippen MR) is 139 cm³/mol. The fraction of sp³-hybridized carbons (Fsp3) is 0.